The van der Waals surface area contributed by atoms with Crippen LogP contribution in [0.25, 0.3) is 16.6 Å². The van der Waals surface area contributed by atoms with E-state index in [0.29, 0.717) is 13.0 Å². The lowest BCUT2D eigenvalue weighted by atomic mass is 10.1. The summed E-state index contributed by atoms with van der Waals surface area (Å²) in [7, 11) is 2.12. The predicted octanol–water partition coefficient (Wildman–Crippen LogP) is 3.84. The molecule has 1 amide bonds. The van der Waals surface area contributed by atoms with Crippen LogP contribution >= 0.6 is 0 Å². The molecule has 5 rings (SSSR count). The monoisotopic (exact) mass is 425 g/mol. The molecule has 4 aromatic rings. The standard InChI is InChI=1S/C26H27N5O/c1-29-14-15-30(25(32)12-9-20-6-3-2-4-7-20)18-24(29)26-23-11-10-22(17-31(23)19-28-26)21-8-5-13-27-16-21/h2-8,10-11,13,16-17,19,24H,9,12,14-15,18H2,1H3. The van der Waals surface area contributed by atoms with Gasteiger partial charge in [0.05, 0.1) is 23.6 Å². The van der Waals surface area contributed by atoms with Gasteiger partial charge in [-0.15, -0.1) is 0 Å². The fourth-order valence-electron chi connectivity index (χ4n) is 4.43. The largest absolute Gasteiger partial charge is 0.339 e. The smallest absolute Gasteiger partial charge is 0.223 e. The second kappa shape index (κ2) is 8.93. The average Bonchev–Trinajstić information content (AvgIpc) is 3.27. The molecule has 1 aromatic carbocycles. The van der Waals surface area contributed by atoms with Gasteiger partial charge < -0.3 is 9.30 Å². The van der Waals surface area contributed by atoms with Crippen LogP contribution in [0, 0.1) is 0 Å². The molecular weight excluding hydrogens is 398 g/mol. The van der Waals surface area contributed by atoms with E-state index in [2.05, 4.69) is 57.9 Å². The fourth-order valence-corrected chi connectivity index (χ4v) is 4.43. The van der Waals surface area contributed by atoms with Crippen molar-refractivity contribution in [3.8, 4) is 11.1 Å². The summed E-state index contributed by atoms with van der Waals surface area (Å²) in [5.74, 6) is 0.217. The van der Waals surface area contributed by atoms with Gasteiger partial charge in [-0.1, -0.05) is 42.5 Å². The Morgan fingerprint density at radius 2 is 1.91 bits per heavy atom. The van der Waals surface area contributed by atoms with Gasteiger partial charge in [0, 0.05) is 50.2 Å². The summed E-state index contributed by atoms with van der Waals surface area (Å²) in [5, 5.41) is 0. The number of pyridine rings is 2. The number of aryl methyl sites for hydroxylation is 1. The quantitative estimate of drug-likeness (QED) is 0.488. The minimum Gasteiger partial charge on any atom is -0.339 e. The summed E-state index contributed by atoms with van der Waals surface area (Å²) in [6.07, 6.45) is 8.93. The minimum atomic E-state index is 0.0821. The molecular formula is C26H27N5O. The summed E-state index contributed by atoms with van der Waals surface area (Å²) in [6.45, 7) is 2.27. The van der Waals surface area contributed by atoms with Crippen LogP contribution in [0.4, 0.5) is 0 Å². The number of nitrogens with zero attached hydrogens (tertiary/aromatic N) is 5. The van der Waals surface area contributed by atoms with Gasteiger partial charge in [0.1, 0.15) is 0 Å². The van der Waals surface area contributed by atoms with E-state index in [1.165, 1.54) is 5.56 Å². The van der Waals surface area contributed by atoms with E-state index < -0.39 is 0 Å². The van der Waals surface area contributed by atoms with Crippen LogP contribution in [-0.2, 0) is 11.2 Å². The highest BCUT2D eigenvalue weighted by molar-refractivity contribution is 5.76. The summed E-state index contributed by atoms with van der Waals surface area (Å²) in [4.78, 5) is 26.2. The Kier molecular flexibility index (Phi) is 5.69. The topological polar surface area (TPSA) is 53.7 Å². The number of likely N-dealkylation sites (N-methyl/N-ethyl adjacent to an activating group) is 1. The van der Waals surface area contributed by atoms with E-state index in [1.54, 1.807) is 6.20 Å². The molecule has 0 aliphatic carbocycles. The molecule has 6 nitrogen and oxygen atoms in total. The molecule has 0 bridgehead atoms. The Hall–Kier alpha value is -3.51. The van der Waals surface area contributed by atoms with Crippen molar-refractivity contribution < 1.29 is 4.79 Å². The molecule has 6 heteroatoms. The number of benzene rings is 1. The molecule has 1 fully saturated rings. The van der Waals surface area contributed by atoms with Crippen LogP contribution in [0.5, 0.6) is 0 Å². The predicted molar refractivity (Wildman–Crippen MR) is 125 cm³/mol. The number of hydrogen-bond donors (Lipinski definition) is 0. The number of hydrogen-bond acceptors (Lipinski definition) is 4. The van der Waals surface area contributed by atoms with Gasteiger partial charge in [0.2, 0.25) is 5.91 Å². The van der Waals surface area contributed by atoms with Gasteiger partial charge in [-0.05, 0) is 36.7 Å². The third kappa shape index (κ3) is 4.14. The maximum atomic E-state index is 12.9. The first-order chi connectivity index (χ1) is 15.7. The first-order valence-corrected chi connectivity index (χ1v) is 11.1. The number of carbonyl (C=O) groups excluding carboxylic acids is 1. The molecule has 1 unspecified atom stereocenters. The Bertz CT molecular complexity index is 1200. The zero-order valence-corrected chi connectivity index (χ0v) is 18.3. The zero-order chi connectivity index (χ0) is 21.9. The Morgan fingerprint density at radius 1 is 1.03 bits per heavy atom. The third-order valence-electron chi connectivity index (χ3n) is 6.34. The second-order valence-electron chi connectivity index (χ2n) is 8.40. The van der Waals surface area contributed by atoms with Crippen molar-refractivity contribution in [2.75, 3.05) is 26.7 Å². The third-order valence-corrected chi connectivity index (χ3v) is 6.34. The van der Waals surface area contributed by atoms with E-state index in [0.717, 1.165) is 41.8 Å². The number of imidazole rings is 1. The number of fused-ring (bicyclic) bond motifs is 1. The number of amides is 1. The molecule has 0 N–H and O–H groups in total. The number of piperazine rings is 1. The molecule has 0 radical (unpaired) electrons. The van der Waals surface area contributed by atoms with Crippen molar-refractivity contribution >= 4 is 11.4 Å². The number of carbonyl (C=O) groups is 1. The van der Waals surface area contributed by atoms with Crippen molar-refractivity contribution in [3.63, 3.8) is 0 Å². The van der Waals surface area contributed by atoms with Gasteiger partial charge in [0.15, 0.2) is 0 Å². The molecule has 4 heterocycles. The lowest BCUT2D eigenvalue weighted by molar-refractivity contribution is -0.134. The number of aromatic nitrogens is 3. The SMILES string of the molecule is CN1CCN(C(=O)CCc2ccccc2)CC1c1ncn2cc(-c3cccnc3)ccc12. The second-order valence-corrected chi connectivity index (χ2v) is 8.40. The maximum Gasteiger partial charge on any atom is 0.223 e. The van der Waals surface area contributed by atoms with E-state index >= 15 is 0 Å². The molecule has 0 spiro atoms. The summed E-state index contributed by atoms with van der Waals surface area (Å²) < 4.78 is 2.07. The molecule has 0 saturated carbocycles. The summed E-state index contributed by atoms with van der Waals surface area (Å²) >= 11 is 0. The van der Waals surface area contributed by atoms with Crippen LogP contribution in [0.2, 0.25) is 0 Å². The van der Waals surface area contributed by atoms with Crippen molar-refractivity contribution in [1.82, 2.24) is 24.2 Å². The Labute approximate surface area is 188 Å². The minimum absolute atomic E-state index is 0.0821. The molecule has 1 aliphatic heterocycles. The lowest BCUT2D eigenvalue weighted by Gasteiger charge is -2.39. The molecule has 1 aliphatic rings. The van der Waals surface area contributed by atoms with Crippen molar-refractivity contribution in [3.05, 3.63) is 90.8 Å². The molecule has 1 atom stereocenters. The lowest BCUT2D eigenvalue weighted by Crippen LogP contribution is -2.49. The first kappa shape index (κ1) is 20.4. The highest BCUT2D eigenvalue weighted by Crippen LogP contribution is 2.28. The van der Waals surface area contributed by atoms with E-state index in [1.807, 2.05) is 41.7 Å². The van der Waals surface area contributed by atoms with Crippen LogP contribution < -0.4 is 0 Å². The molecule has 1 saturated heterocycles. The molecule has 3 aromatic heterocycles. The zero-order valence-electron chi connectivity index (χ0n) is 18.3. The Morgan fingerprint density at radius 3 is 2.72 bits per heavy atom. The maximum absolute atomic E-state index is 12.9. The van der Waals surface area contributed by atoms with E-state index in [-0.39, 0.29) is 11.9 Å². The van der Waals surface area contributed by atoms with Crippen LogP contribution in [0.3, 0.4) is 0 Å². The van der Waals surface area contributed by atoms with Crippen LogP contribution in [0.1, 0.15) is 23.7 Å². The summed E-state index contributed by atoms with van der Waals surface area (Å²) in [6, 6.07) is 18.5. The first-order valence-electron chi connectivity index (χ1n) is 11.1. The Balaban J connectivity index is 1.33. The van der Waals surface area contributed by atoms with Gasteiger partial charge in [-0.3, -0.25) is 14.7 Å². The van der Waals surface area contributed by atoms with E-state index in [9.17, 15) is 4.79 Å². The van der Waals surface area contributed by atoms with Crippen molar-refractivity contribution in [2.45, 2.75) is 18.9 Å². The van der Waals surface area contributed by atoms with Crippen LogP contribution in [-0.4, -0.2) is 56.8 Å². The van der Waals surface area contributed by atoms with E-state index in [4.69, 9.17) is 4.98 Å². The summed E-state index contributed by atoms with van der Waals surface area (Å²) in [5.41, 5.74) is 5.48. The number of rotatable bonds is 5. The molecule has 32 heavy (non-hydrogen) atoms. The van der Waals surface area contributed by atoms with Gasteiger partial charge in [0.25, 0.3) is 0 Å². The fraction of sp³-hybridized carbons (Fsp3) is 0.269. The molecule has 162 valence electrons. The average molecular weight is 426 g/mol. The highest BCUT2D eigenvalue weighted by atomic mass is 16.2. The van der Waals surface area contributed by atoms with Crippen molar-refractivity contribution in [2.24, 2.45) is 0 Å². The highest BCUT2D eigenvalue weighted by Gasteiger charge is 2.30. The van der Waals surface area contributed by atoms with Crippen molar-refractivity contribution in [1.29, 1.82) is 0 Å². The van der Waals surface area contributed by atoms with Gasteiger partial charge >= 0.3 is 0 Å². The van der Waals surface area contributed by atoms with Gasteiger partial charge in [-0.25, -0.2) is 4.98 Å². The normalized spacial score (nSPS) is 17.0. The van der Waals surface area contributed by atoms with Gasteiger partial charge in [-0.2, -0.15) is 0 Å². The van der Waals surface area contributed by atoms with Crippen LogP contribution in [0.15, 0.2) is 79.5 Å².